The Morgan fingerprint density at radius 1 is 1.05 bits per heavy atom. The first-order valence-electron chi connectivity index (χ1n) is 7.58. The van der Waals surface area contributed by atoms with E-state index in [-0.39, 0.29) is 5.78 Å². The normalized spacial score (nSPS) is 18.1. The number of Topliss-reactive ketones (excluding diaryl/α,β-unsaturated/α-hetero) is 1. The number of carbonyl (C=O) groups is 1. The quantitative estimate of drug-likeness (QED) is 0.655. The van der Waals surface area contributed by atoms with Gasteiger partial charge in [-0.2, -0.15) is 13.2 Å². The number of piperazine rings is 1. The van der Waals surface area contributed by atoms with Crippen molar-refractivity contribution in [1.29, 1.82) is 0 Å². The number of carbonyl (C=O) groups excluding carboxylic acids is 1. The molecule has 0 unspecified atom stereocenters. The summed E-state index contributed by atoms with van der Waals surface area (Å²) in [5, 5.41) is 2.41. The highest BCUT2D eigenvalue weighted by Gasteiger charge is 2.25. The Hall–Kier alpha value is -0.660. The van der Waals surface area contributed by atoms with E-state index in [2.05, 4.69) is 15.1 Å². The first-order chi connectivity index (χ1) is 9.87. The molecule has 1 rings (SSSR count). The standard InChI is InChI=1S/C14H26F3N3O/c1-13(21)11-20-9-7-19(8-10-20)6-4-2-3-5-18-12-14(15,16)17/h18H,2-12H2,1H3. The summed E-state index contributed by atoms with van der Waals surface area (Å²) in [6.45, 7) is 6.46. The summed E-state index contributed by atoms with van der Waals surface area (Å²) in [7, 11) is 0. The Morgan fingerprint density at radius 3 is 2.24 bits per heavy atom. The van der Waals surface area contributed by atoms with E-state index >= 15 is 0 Å². The van der Waals surface area contributed by atoms with E-state index in [1.807, 2.05) is 0 Å². The maximum Gasteiger partial charge on any atom is 0.401 e. The van der Waals surface area contributed by atoms with Gasteiger partial charge in [0.25, 0.3) is 0 Å². The lowest BCUT2D eigenvalue weighted by Crippen LogP contribution is -2.47. The summed E-state index contributed by atoms with van der Waals surface area (Å²) in [6, 6.07) is 0. The number of nitrogens with one attached hydrogen (secondary N) is 1. The van der Waals surface area contributed by atoms with Crippen molar-refractivity contribution in [2.45, 2.75) is 32.4 Å². The van der Waals surface area contributed by atoms with Crippen molar-refractivity contribution in [3.8, 4) is 0 Å². The molecule has 124 valence electrons. The maximum atomic E-state index is 11.9. The number of rotatable bonds is 9. The summed E-state index contributed by atoms with van der Waals surface area (Å²) >= 11 is 0. The van der Waals surface area contributed by atoms with Crippen molar-refractivity contribution in [2.75, 3.05) is 52.4 Å². The highest BCUT2D eigenvalue weighted by Crippen LogP contribution is 2.12. The molecule has 1 saturated heterocycles. The highest BCUT2D eigenvalue weighted by atomic mass is 19.4. The third-order valence-corrected chi connectivity index (χ3v) is 3.56. The fourth-order valence-corrected chi connectivity index (χ4v) is 2.48. The van der Waals surface area contributed by atoms with Crippen LogP contribution in [0.1, 0.15) is 26.2 Å². The molecule has 1 fully saturated rings. The molecule has 0 aliphatic carbocycles. The van der Waals surface area contributed by atoms with Gasteiger partial charge in [-0.15, -0.1) is 0 Å². The van der Waals surface area contributed by atoms with Gasteiger partial charge in [0, 0.05) is 26.2 Å². The van der Waals surface area contributed by atoms with E-state index in [1.165, 1.54) is 0 Å². The molecule has 0 spiro atoms. The summed E-state index contributed by atoms with van der Waals surface area (Å²) < 4.78 is 35.7. The molecule has 7 heteroatoms. The monoisotopic (exact) mass is 309 g/mol. The van der Waals surface area contributed by atoms with Crippen molar-refractivity contribution in [1.82, 2.24) is 15.1 Å². The number of nitrogens with zero attached hydrogens (tertiary/aromatic N) is 2. The summed E-state index contributed by atoms with van der Waals surface area (Å²) in [6.07, 6.45) is -1.38. The van der Waals surface area contributed by atoms with Gasteiger partial charge < -0.3 is 10.2 Å². The molecule has 1 aliphatic rings. The van der Waals surface area contributed by atoms with Gasteiger partial charge in [0.2, 0.25) is 0 Å². The predicted molar refractivity (Wildman–Crippen MR) is 76.3 cm³/mol. The molecule has 0 bridgehead atoms. The van der Waals surface area contributed by atoms with Gasteiger partial charge in [0.1, 0.15) is 5.78 Å². The van der Waals surface area contributed by atoms with Gasteiger partial charge in [0.05, 0.1) is 13.1 Å². The maximum absolute atomic E-state index is 11.9. The number of hydrogen-bond donors (Lipinski definition) is 1. The molecule has 4 nitrogen and oxygen atoms in total. The number of alkyl halides is 3. The molecule has 0 aromatic rings. The van der Waals surface area contributed by atoms with Crippen molar-refractivity contribution in [3.05, 3.63) is 0 Å². The lowest BCUT2D eigenvalue weighted by Gasteiger charge is -2.34. The second-order valence-electron chi connectivity index (χ2n) is 5.67. The van der Waals surface area contributed by atoms with Gasteiger partial charge >= 0.3 is 6.18 Å². The molecule has 21 heavy (non-hydrogen) atoms. The van der Waals surface area contributed by atoms with Crippen LogP contribution >= 0.6 is 0 Å². The molecule has 0 saturated carbocycles. The molecule has 0 radical (unpaired) electrons. The lowest BCUT2D eigenvalue weighted by molar-refractivity contribution is -0.124. The summed E-state index contributed by atoms with van der Waals surface area (Å²) in [5.74, 6) is 0.204. The van der Waals surface area contributed by atoms with Crippen molar-refractivity contribution >= 4 is 5.78 Å². The van der Waals surface area contributed by atoms with Crippen LogP contribution in [0.5, 0.6) is 0 Å². The first-order valence-corrected chi connectivity index (χ1v) is 7.58. The van der Waals surface area contributed by atoms with Gasteiger partial charge in [-0.3, -0.25) is 9.69 Å². The lowest BCUT2D eigenvalue weighted by atomic mass is 10.2. The molecule has 1 N–H and O–H groups in total. The minimum absolute atomic E-state index is 0.204. The minimum atomic E-state index is -4.11. The van der Waals surface area contributed by atoms with E-state index in [0.717, 1.165) is 52.0 Å². The van der Waals surface area contributed by atoms with Crippen LogP contribution in [0.15, 0.2) is 0 Å². The number of unbranched alkanes of at least 4 members (excludes halogenated alkanes) is 2. The van der Waals surface area contributed by atoms with E-state index in [4.69, 9.17) is 0 Å². The molecule has 0 amide bonds. The van der Waals surface area contributed by atoms with Crippen molar-refractivity contribution in [2.24, 2.45) is 0 Å². The van der Waals surface area contributed by atoms with Crippen molar-refractivity contribution in [3.63, 3.8) is 0 Å². The topological polar surface area (TPSA) is 35.6 Å². The average molecular weight is 309 g/mol. The second kappa shape index (κ2) is 9.38. The van der Waals surface area contributed by atoms with Crippen LogP contribution in [-0.4, -0.2) is 74.1 Å². The molecule has 0 aromatic heterocycles. The fraction of sp³-hybridized carbons (Fsp3) is 0.929. The average Bonchev–Trinajstić information content (AvgIpc) is 2.37. The predicted octanol–water partition coefficient (Wildman–Crippen LogP) is 1.52. The second-order valence-corrected chi connectivity index (χ2v) is 5.67. The van der Waals surface area contributed by atoms with Gasteiger partial charge in [-0.1, -0.05) is 6.42 Å². The molecule has 0 aromatic carbocycles. The Balaban J connectivity index is 1.94. The minimum Gasteiger partial charge on any atom is -0.309 e. The smallest absolute Gasteiger partial charge is 0.309 e. The van der Waals surface area contributed by atoms with Crippen molar-refractivity contribution < 1.29 is 18.0 Å². The zero-order valence-corrected chi connectivity index (χ0v) is 12.7. The largest absolute Gasteiger partial charge is 0.401 e. The van der Waals surface area contributed by atoms with Crippen LogP contribution in [-0.2, 0) is 4.79 Å². The number of hydrogen-bond acceptors (Lipinski definition) is 4. The zero-order valence-electron chi connectivity index (χ0n) is 12.7. The Morgan fingerprint density at radius 2 is 1.67 bits per heavy atom. The van der Waals surface area contributed by atoms with Crippen LogP contribution in [0.25, 0.3) is 0 Å². The Labute approximate surface area is 124 Å². The molecule has 1 aliphatic heterocycles. The molecule has 0 atom stereocenters. The highest BCUT2D eigenvalue weighted by molar-refractivity contribution is 5.77. The fourth-order valence-electron chi connectivity index (χ4n) is 2.48. The summed E-state index contributed by atoms with van der Waals surface area (Å²) in [5.41, 5.74) is 0. The SMILES string of the molecule is CC(=O)CN1CCN(CCCCCNCC(F)(F)F)CC1. The van der Waals surface area contributed by atoms with E-state index < -0.39 is 12.7 Å². The molecular weight excluding hydrogens is 283 g/mol. The van der Waals surface area contributed by atoms with E-state index in [1.54, 1.807) is 6.92 Å². The van der Waals surface area contributed by atoms with Gasteiger partial charge in [-0.05, 0) is 32.9 Å². The number of halogens is 3. The number of ketones is 1. The Kier molecular flexibility index (Phi) is 8.21. The molecule has 1 heterocycles. The first kappa shape index (κ1) is 18.4. The van der Waals surface area contributed by atoms with E-state index in [0.29, 0.717) is 13.1 Å². The summed E-state index contributed by atoms with van der Waals surface area (Å²) in [4.78, 5) is 15.5. The van der Waals surface area contributed by atoms with Gasteiger partial charge in [0.15, 0.2) is 0 Å². The van der Waals surface area contributed by atoms with Crippen LogP contribution in [0.2, 0.25) is 0 Å². The van der Waals surface area contributed by atoms with Crippen LogP contribution in [0, 0.1) is 0 Å². The zero-order chi connectivity index (χ0) is 15.7. The van der Waals surface area contributed by atoms with Crippen LogP contribution in [0.4, 0.5) is 13.2 Å². The van der Waals surface area contributed by atoms with Gasteiger partial charge in [-0.25, -0.2) is 0 Å². The van der Waals surface area contributed by atoms with Crippen LogP contribution in [0.3, 0.4) is 0 Å². The van der Waals surface area contributed by atoms with E-state index in [9.17, 15) is 18.0 Å². The third-order valence-electron chi connectivity index (χ3n) is 3.56. The molecular formula is C14H26F3N3O. The van der Waals surface area contributed by atoms with Crippen LogP contribution < -0.4 is 5.32 Å². The third kappa shape index (κ3) is 9.82. The Bertz CT molecular complexity index is 302.